The van der Waals surface area contributed by atoms with Gasteiger partial charge in [0.25, 0.3) is 5.91 Å². The number of anilines is 1. The van der Waals surface area contributed by atoms with Gasteiger partial charge in [0.15, 0.2) is 0 Å². The van der Waals surface area contributed by atoms with Crippen molar-refractivity contribution in [2.24, 2.45) is 5.73 Å². The van der Waals surface area contributed by atoms with E-state index in [1.54, 1.807) is 12.1 Å². The maximum atomic E-state index is 13.4. The van der Waals surface area contributed by atoms with Crippen molar-refractivity contribution < 1.29 is 27.5 Å². The van der Waals surface area contributed by atoms with Crippen LogP contribution < -0.4 is 15.8 Å². The van der Waals surface area contributed by atoms with Crippen LogP contribution >= 0.6 is 0 Å². The second kappa shape index (κ2) is 11.6. The molecule has 0 aliphatic heterocycles. The minimum absolute atomic E-state index is 0.0401. The number of carbonyl (C=O) groups excluding carboxylic acids is 2. The molecular formula is C32H30F3N3O3. The molecule has 1 heterocycles. The van der Waals surface area contributed by atoms with E-state index >= 15 is 0 Å². The number of aryl methyl sites for hydroxylation is 1. The number of halogens is 3. The van der Waals surface area contributed by atoms with Gasteiger partial charge < -0.3 is 15.8 Å². The lowest BCUT2D eigenvalue weighted by Crippen LogP contribution is -2.22. The first kappa shape index (κ1) is 28.1. The number of para-hydroxylation sites is 1. The highest BCUT2D eigenvalue weighted by Crippen LogP contribution is 2.43. The number of primary amides is 1. The first-order valence-electron chi connectivity index (χ1n) is 13.5. The average molecular weight is 562 g/mol. The Hall–Kier alpha value is -4.40. The first-order chi connectivity index (χ1) is 19.6. The molecule has 0 spiro atoms. The number of aromatic nitrogens is 1. The van der Waals surface area contributed by atoms with Crippen molar-refractivity contribution >= 4 is 28.4 Å². The van der Waals surface area contributed by atoms with Gasteiger partial charge in [-0.3, -0.25) is 14.6 Å². The second-order valence-electron chi connectivity index (χ2n) is 10.4. The minimum Gasteiger partial charge on any atom is -0.487 e. The molecule has 41 heavy (non-hydrogen) atoms. The van der Waals surface area contributed by atoms with Gasteiger partial charge in [-0.2, -0.15) is 13.2 Å². The van der Waals surface area contributed by atoms with Gasteiger partial charge in [0, 0.05) is 27.8 Å². The Kier molecular flexibility index (Phi) is 7.97. The normalized spacial score (nSPS) is 14.1. The fourth-order valence-electron chi connectivity index (χ4n) is 5.54. The SMILES string of the molecule is Cc1cc(COc2ccc(C(N)=O)c(C3CCCCC3)c2NC(=O)c2ccc(C(F)(F)F)cc2)c2ccccc2n1. The summed E-state index contributed by atoms with van der Waals surface area (Å²) >= 11 is 0. The molecule has 1 saturated carbocycles. The number of nitrogens with one attached hydrogen (secondary N) is 1. The highest BCUT2D eigenvalue weighted by molar-refractivity contribution is 6.07. The number of amides is 2. The van der Waals surface area contributed by atoms with E-state index in [0.717, 1.165) is 78.5 Å². The van der Waals surface area contributed by atoms with E-state index in [9.17, 15) is 22.8 Å². The van der Waals surface area contributed by atoms with E-state index in [2.05, 4.69) is 10.3 Å². The van der Waals surface area contributed by atoms with E-state index in [-0.39, 0.29) is 23.7 Å². The summed E-state index contributed by atoms with van der Waals surface area (Å²) in [5.74, 6) is -0.943. The van der Waals surface area contributed by atoms with Crippen LogP contribution in [0.15, 0.2) is 66.7 Å². The monoisotopic (exact) mass is 561 g/mol. The predicted octanol–water partition coefficient (Wildman–Crippen LogP) is 7.54. The van der Waals surface area contributed by atoms with Gasteiger partial charge >= 0.3 is 6.18 Å². The number of carbonyl (C=O) groups is 2. The van der Waals surface area contributed by atoms with Crippen LogP contribution in [0.4, 0.5) is 18.9 Å². The van der Waals surface area contributed by atoms with Crippen LogP contribution in [0.2, 0.25) is 0 Å². The molecule has 1 fully saturated rings. The van der Waals surface area contributed by atoms with E-state index in [1.807, 2.05) is 37.3 Å². The fourth-order valence-corrected chi connectivity index (χ4v) is 5.54. The molecule has 1 aliphatic rings. The summed E-state index contributed by atoms with van der Waals surface area (Å²) in [6, 6.07) is 16.8. The van der Waals surface area contributed by atoms with Crippen molar-refractivity contribution in [1.29, 1.82) is 0 Å². The molecule has 0 saturated heterocycles. The third-order valence-electron chi connectivity index (χ3n) is 7.51. The molecular weight excluding hydrogens is 531 g/mol. The van der Waals surface area contributed by atoms with Gasteiger partial charge in [0.2, 0.25) is 5.91 Å². The summed E-state index contributed by atoms with van der Waals surface area (Å²) in [5.41, 5.74) is 8.72. The number of ether oxygens (including phenoxy) is 1. The molecule has 3 aromatic carbocycles. The number of nitrogens with two attached hydrogens (primary N) is 1. The molecule has 2 amide bonds. The zero-order chi connectivity index (χ0) is 29.1. The minimum atomic E-state index is -4.52. The molecule has 0 radical (unpaired) electrons. The lowest BCUT2D eigenvalue weighted by atomic mass is 9.80. The molecule has 0 atom stereocenters. The second-order valence-corrected chi connectivity index (χ2v) is 10.4. The first-order valence-corrected chi connectivity index (χ1v) is 13.5. The van der Waals surface area contributed by atoms with Crippen molar-refractivity contribution in [2.75, 3.05) is 5.32 Å². The van der Waals surface area contributed by atoms with Crippen molar-refractivity contribution in [1.82, 2.24) is 4.98 Å². The number of benzene rings is 3. The summed E-state index contributed by atoms with van der Waals surface area (Å²) in [6.45, 7) is 2.06. The van der Waals surface area contributed by atoms with E-state index in [0.29, 0.717) is 17.0 Å². The lowest BCUT2D eigenvalue weighted by Gasteiger charge is -2.28. The molecule has 1 aromatic heterocycles. The molecule has 0 unspecified atom stereocenters. The Balaban J connectivity index is 1.55. The molecule has 4 aromatic rings. The third kappa shape index (κ3) is 6.19. The van der Waals surface area contributed by atoms with Gasteiger partial charge in [-0.05, 0) is 79.8 Å². The highest BCUT2D eigenvalue weighted by atomic mass is 19.4. The molecule has 212 valence electrons. The van der Waals surface area contributed by atoms with Crippen LogP contribution in [0.1, 0.15) is 81.1 Å². The standard InChI is InChI=1S/C32H30F3N3O3/c1-19-17-22(24-9-5-6-10-26(24)37-19)18-41-27-16-15-25(30(36)39)28(20-7-3-2-4-8-20)29(27)38-31(40)21-11-13-23(14-12-21)32(33,34)35/h5-6,9-17,20H,2-4,7-8,18H2,1H3,(H2,36,39)(H,38,40). The van der Waals surface area contributed by atoms with Crippen molar-refractivity contribution in [3.8, 4) is 5.75 Å². The Labute approximate surface area is 235 Å². The molecule has 6 nitrogen and oxygen atoms in total. The highest BCUT2D eigenvalue weighted by Gasteiger charge is 2.31. The number of pyridine rings is 1. The maximum Gasteiger partial charge on any atom is 0.416 e. The summed E-state index contributed by atoms with van der Waals surface area (Å²) < 4.78 is 45.6. The number of nitrogens with zero attached hydrogens (tertiary/aromatic N) is 1. The van der Waals surface area contributed by atoms with Crippen LogP contribution in [0.5, 0.6) is 5.75 Å². The van der Waals surface area contributed by atoms with Gasteiger partial charge in [0.1, 0.15) is 12.4 Å². The molecule has 0 bridgehead atoms. The van der Waals surface area contributed by atoms with E-state index in [1.165, 1.54) is 0 Å². The zero-order valence-corrected chi connectivity index (χ0v) is 22.6. The largest absolute Gasteiger partial charge is 0.487 e. The Morgan fingerprint density at radius 3 is 2.39 bits per heavy atom. The smallest absolute Gasteiger partial charge is 0.416 e. The van der Waals surface area contributed by atoms with Crippen molar-refractivity contribution in [3.63, 3.8) is 0 Å². The average Bonchev–Trinajstić information content (AvgIpc) is 2.96. The van der Waals surface area contributed by atoms with Crippen molar-refractivity contribution in [2.45, 2.75) is 57.7 Å². The fraction of sp³-hybridized carbons (Fsp3) is 0.281. The van der Waals surface area contributed by atoms with Crippen LogP contribution in [0.3, 0.4) is 0 Å². The summed E-state index contributed by atoms with van der Waals surface area (Å²) in [5, 5.41) is 3.79. The predicted molar refractivity (Wildman–Crippen MR) is 151 cm³/mol. The number of hydrogen-bond donors (Lipinski definition) is 2. The Morgan fingerprint density at radius 1 is 1.00 bits per heavy atom. The Bertz CT molecular complexity index is 1590. The Morgan fingerprint density at radius 2 is 1.71 bits per heavy atom. The number of alkyl halides is 3. The van der Waals surface area contributed by atoms with Gasteiger partial charge in [-0.1, -0.05) is 37.5 Å². The quantitative estimate of drug-likeness (QED) is 0.244. The van der Waals surface area contributed by atoms with Crippen LogP contribution in [0.25, 0.3) is 10.9 Å². The summed E-state index contributed by atoms with van der Waals surface area (Å²) in [6.07, 6.45) is 0.0863. The van der Waals surface area contributed by atoms with Gasteiger partial charge in [-0.25, -0.2) is 0 Å². The van der Waals surface area contributed by atoms with Crippen LogP contribution in [-0.4, -0.2) is 16.8 Å². The number of hydrogen-bond acceptors (Lipinski definition) is 4. The topological polar surface area (TPSA) is 94.3 Å². The number of rotatable bonds is 7. The van der Waals surface area contributed by atoms with E-state index < -0.39 is 23.6 Å². The summed E-state index contributed by atoms with van der Waals surface area (Å²) in [4.78, 5) is 30.5. The van der Waals surface area contributed by atoms with Crippen LogP contribution in [-0.2, 0) is 12.8 Å². The molecule has 3 N–H and O–H groups in total. The van der Waals surface area contributed by atoms with Gasteiger partial charge in [-0.15, -0.1) is 0 Å². The molecule has 1 aliphatic carbocycles. The number of fused-ring (bicyclic) bond motifs is 1. The van der Waals surface area contributed by atoms with Crippen molar-refractivity contribution in [3.05, 3.63) is 100 Å². The van der Waals surface area contributed by atoms with E-state index in [4.69, 9.17) is 10.5 Å². The molecule has 5 rings (SSSR count). The lowest BCUT2D eigenvalue weighted by molar-refractivity contribution is -0.137. The van der Waals surface area contributed by atoms with Gasteiger partial charge in [0.05, 0.1) is 16.8 Å². The zero-order valence-electron chi connectivity index (χ0n) is 22.6. The third-order valence-corrected chi connectivity index (χ3v) is 7.51. The maximum absolute atomic E-state index is 13.4. The van der Waals surface area contributed by atoms with Crippen LogP contribution in [0, 0.1) is 6.92 Å². The molecule has 9 heteroatoms. The summed E-state index contributed by atoms with van der Waals surface area (Å²) in [7, 11) is 0.